The van der Waals surface area contributed by atoms with E-state index in [-0.39, 0.29) is 23.2 Å². The lowest BCUT2D eigenvalue weighted by molar-refractivity contribution is -0.135. The number of benzene rings is 1. The lowest BCUT2D eigenvalue weighted by Crippen LogP contribution is -2.45. The van der Waals surface area contributed by atoms with Crippen LogP contribution in [0.2, 0.25) is 0 Å². The molecule has 0 aromatic heterocycles. The van der Waals surface area contributed by atoms with Gasteiger partial charge in [0.2, 0.25) is 0 Å². The van der Waals surface area contributed by atoms with Crippen LogP contribution in [0.3, 0.4) is 0 Å². The van der Waals surface area contributed by atoms with Gasteiger partial charge in [0.15, 0.2) is 9.84 Å². The molecule has 1 unspecified atom stereocenters. The Hall–Kier alpha value is -1.56. The fourth-order valence-corrected chi connectivity index (χ4v) is 4.69. The Labute approximate surface area is 112 Å². The van der Waals surface area contributed by atoms with Crippen LogP contribution in [0.4, 0.5) is 5.69 Å². The van der Waals surface area contributed by atoms with Crippen molar-refractivity contribution in [2.24, 2.45) is 0 Å². The molecule has 1 aliphatic heterocycles. The topological polar surface area (TPSA) is 74.7 Å². The molecule has 0 radical (unpaired) electrons. The maximum Gasteiger partial charge on any atom is 0.323 e. The molecule has 6 heteroatoms. The van der Waals surface area contributed by atoms with Crippen LogP contribution in [0.25, 0.3) is 0 Å². The summed E-state index contributed by atoms with van der Waals surface area (Å²) in [5.74, 6) is -1.01. The van der Waals surface area contributed by atoms with Crippen LogP contribution in [0.5, 0.6) is 0 Å². The van der Waals surface area contributed by atoms with Gasteiger partial charge in [0, 0.05) is 6.04 Å². The van der Waals surface area contributed by atoms with E-state index in [9.17, 15) is 13.2 Å². The number of anilines is 1. The van der Waals surface area contributed by atoms with E-state index >= 15 is 0 Å². The van der Waals surface area contributed by atoms with Crippen molar-refractivity contribution >= 4 is 21.5 Å². The highest BCUT2D eigenvalue weighted by atomic mass is 32.2. The first-order valence-corrected chi connectivity index (χ1v) is 7.70. The summed E-state index contributed by atoms with van der Waals surface area (Å²) in [6.07, 6.45) is 0. The maximum atomic E-state index is 12.3. The van der Waals surface area contributed by atoms with Gasteiger partial charge < -0.3 is 10.0 Å². The molecule has 1 aliphatic rings. The van der Waals surface area contributed by atoms with Crippen molar-refractivity contribution in [2.45, 2.75) is 31.7 Å². The number of hydrogen-bond acceptors (Lipinski definition) is 4. The van der Waals surface area contributed by atoms with E-state index in [2.05, 4.69) is 0 Å². The van der Waals surface area contributed by atoms with Crippen molar-refractivity contribution in [2.75, 3.05) is 17.2 Å². The quantitative estimate of drug-likeness (QED) is 0.887. The smallest absolute Gasteiger partial charge is 0.323 e. The Bertz CT molecular complexity index is 636. The van der Waals surface area contributed by atoms with Gasteiger partial charge in [-0.3, -0.25) is 4.79 Å². The third-order valence-corrected chi connectivity index (χ3v) is 5.39. The molecule has 0 saturated carbocycles. The van der Waals surface area contributed by atoms with Crippen molar-refractivity contribution in [1.29, 1.82) is 0 Å². The average Bonchev–Trinajstić information content (AvgIpc) is 2.21. The molecular formula is C13H17NO4S. The zero-order chi connectivity index (χ0) is 14.4. The highest BCUT2D eigenvalue weighted by Gasteiger charge is 2.35. The van der Waals surface area contributed by atoms with E-state index in [1.165, 1.54) is 0 Å². The standard InChI is InChI=1S/C13H17NO4S/c1-8-4-9(2)13-11(5-8)14(6-12(15)16)10(3)7-19(13,17)18/h4-5,10H,6-7H2,1-3H3,(H,15,16). The molecular weight excluding hydrogens is 266 g/mol. The summed E-state index contributed by atoms with van der Waals surface area (Å²) < 4.78 is 24.5. The maximum absolute atomic E-state index is 12.3. The second kappa shape index (κ2) is 4.52. The van der Waals surface area contributed by atoms with Gasteiger partial charge in [-0.2, -0.15) is 0 Å². The number of hydrogen-bond donors (Lipinski definition) is 1. The average molecular weight is 283 g/mol. The Morgan fingerprint density at radius 3 is 2.63 bits per heavy atom. The summed E-state index contributed by atoms with van der Waals surface area (Å²) in [6, 6.07) is 3.22. The lowest BCUT2D eigenvalue weighted by atomic mass is 10.1. The van der Waals surface area contributed by atoms with Crippen molar-refractivity contribution in [1.82, 2.24) is 0 Å². The van der Waals surface area contributed by atoms with Crippen LogP contribution in [-0.4, -0.2) is 37.8 Å². The number of nitrogens with zero attached hydrogens (tertiary/aromatic N) is 1. The number of rotatable bonds is 2. The molecule has 5 nitrogen and oxygen atoms in total. The minimum absolute atomic E-state index is 0.0445. The Morgan fingerprint density at radius 2 is 2.05 bits per heavy atom. The second-order valence-corrected chi connectivity index (χ2v) is 7.05. The van der Waals surface area contributed by atoms with Crippen LogP contribution in [0, 0.1) is 13.8 Å². The number of carbonyl (C=O) groups is 1. The molecule has 1 atom stereocenters. The van der Waals surface area contributed by atoms with Crippen molar-refractivity contribution in [3.63, 3.8) is 0 Å². The zero-order valence-electron chi connectivity index (χ0n) is 11.2. The van der Waals surface area contributed by atoms with Crippen LogP contribution >= 0.6 is 0 Å². The molecule has 0 spiro atoms. The lowest BCUT2D eigenvalue weighted by Gasteiger charge is -2.36. The van der Waals surface area contributed by atoms with Crippen LogP contribution in [0.1, 0.15) is 18.1 Å². The molecule has 104 valence electrons. The number of aryl methyl sites for hydroxylation is 2. The van der Waals surface area contributed by atoms with Gasteiger partial charge in [-0.1, -0.05) is 6.07 Å². The molecule has 0 fully saturated rings. The van der Waals surface area contributed by atoms with Gasteiger partial charge in [-0.15, -0.1) is 0 Å². The van der Waals surface area contributed by atoms with Crippen molar-refractivity contribution < 1.29 is 18.3 Å². The summed E-state index contributed by atoms with van der Waals surface area (Å²) in [7, 11) is -3.34. The summed E-state index contributed by atoms with van der Waals surface area (Å²) in [4.78, 5) is 12.9. The van der Waals surface area contributed by atoms with Gasteiger partial charge in [0.1, 0.15) is 6.54 Å². The third-order valence-electron chi connectivity index (χ3n) is 3.32. The number of aliphatic carboxylic acids is 1. The summed E-state index contributed by atoms with van der Waals surface area (Å²) in [5, 5.41) is 8.99. The van der Waals surface area contributed by atoms with E-state index in [0.29, 0.717) is 11.3 Å². The van der Waals surface area contributed by atoms with Gasteiger partial charge in [-0.25, -0.2) is 8.42 Å². The molecule has 0 saturated heterocycles. The van der Waals surface area contributed by atoms with Crippen LogP contribution < -0.4 is 4.90 Å². The highest BCUT2D eigenvalue weighted by molar-refractivity contribution is 7.91. The van der Waals surface area contributed by atoms with Crippen molar-refractivity contribution in [3.05, 3.63) is 23.3 Å². The monoisotopic (exact) mass is 283 g/mol. The van der Waals surface area contributed by atoms with E-state index in [0.717, 1.165) is 5.56 Å². The normalized spacial score (nSPS) is 21.0. The van der Waals surface area contributed by atoms with Gasteiger partial charge in [-0.05, 0) is 38.0 Å². The first kappa shape index (κ1) is 13.9. The van der Waals surface area contributed by atoms with E-state index < -0.39 is 15.8 Å². The Balaban J connectivity index is 2.68. The van der Waals surface area contributed by atoms with E-state index in [1.54, 1.807) is 24.8 Å². The zero-order valence-corrected chi connectivity index (χ0v) is 12.0. The first-order valence-electron chi connectivity index (χ1n) is 6.05. The Morgan fingerprint density at radius 1 is 1.42 bits per heavy atom. The molecule has 1 aromatic rings. The van der Waals surface area contributed by atoms with Crippen molar-refractivity contribution in [3.8, 4) is 0 Å². The van der Waals surface area contributed by atoms with Gasteiger partial charge >= 0.3 is 5.97 Å². The molecule has 0 amide bonds. The number of carboxylic acid groups (broad SMARTS) is 1. The summed E-state index contributed by atoms with van der Waals surface area (Å²) in [5.41, 5.74) is 2.12. The third kappa shape index (κ3) is 2.45. The fraction of sp³-hybridized carbons (Fsp3) is 0.462. The van der Waals surface area contributed by atoms with Crippen LogP contribution in [-0.2, 0) is 14.6 Å². The van der Waals surface area contributed by atoms with E-state index in [4.69, 9.17) is 5.11 Å². The second-order valence-electron chi connectivity index (χ2n) is 5.08. The van der Waals surface area contributed by atoms with E-state index in [1.807, 2.05) is 13.0 Å². The Kier molecular flexibility index (Phi) is 3.30. The number of fused-ring (bicyclic) bond motifs is 1. The highest BCUT2D eigenvalue weighted by Crippen LogP contribution is 2.36. The SMILES string of the molecule is Cc1cc(C)c2c(c1)N(CC(=O)O)C(C)CS2(=O)=O. The van der Waals surface area contributed by atoms with Gasteiger partial charge in [0.05, 0.1) is 16.3 Å². The number of carboxylic acids is 1. The predicted octanol–water partition coefficient (Wildman–Crippen LogP) is 1.37. The molecule has 1 heterocycles. The largest absolute Gasteiger partial charge is 0.480 e. The number of sulfone groups is 1. The molecule has 19 heavy (non-hydrogen) atoms. The minimum Gasteiger partial charge on any atom is -0.480 e. The minimum atomic E-state index is -3.34. The predicted molar refractivity (Wildman–Crippen MR) is 72.4 cm³/mol. The summed E-state index contributed by atoms with van der Waals surface area (Å²) in [6.45, 7) is 5.17. The molecule has 0 bridgehead atoms. The summed E-state index contributed by atoms with van der Waals surface area (Å²) >= 11 is 0. The molecule has 2 rings (SSSR count). The molecule has 1 N–H and O–H groups in total. The van der Waals surface area contributed by atoms with Crippen LogP contribution in [0.15, 0.2) is 17.0 Å². The fourth-order valence-electron chi connectivity index (χ4n) is 2.66. The molecule has 1 aromatic carbocycles. The van der Waals surface area contributed by atoms with Gasteiger partial charge in [0.25, 0.3) is 0 Å². The molecule has 0 aliphatic carbocycles. The first-order chi connectivity index (χ1) is 8.72.